The minimum atomic E-state index is 0.104. The molecule has 3 heterocycles. The lowest BCUT2D eigenvalue weighted by Gasteiger charge is -2.32. The third kappa shape index (κ3) is 4.09. The van der Waals surface area contributed by atoms with E-state index in [0.29, 0.717) is 32.6 Å². The Bertz CT molecular complexity index is 948. The Morgan fingerprint density at radius 1 is 1.00 bits per heavy atom. The van der Waals surface area contributed by atoms with Gasteiger partial charge in [-0.15, -0.1) is 11.3 Å². The Morgan fingerprint density at radius 2 is 1.71 bits per heavy atom. The number of carbonyl (C=O) groups is 2. The summed E-state index contributed by atoms with van der Waals surface area (Å²) in [6.07, 6.45) is 4.75. The van der Waals surface area contributed by atoms with Gasteiger partial charge in [0.25, 0.3) is 0 Å². The van der Waals surface area contributed by atoms with Gasteiger partial charge in [0.05, 0.1) is 12.1 Å². The molecule has 2 amide bonds. The van der Waals surface area contributed by atoms with Crippen molar-refractivity contribution in [1.29, 1.82) is 0 Å². The van der Waals surface area contributed by atoms with Gasteiger partial charge in [-0.25, -0.2) is 4.98 Å². The molecule has 2 aromatic heterocycles. The largest absolute Gasteiger partial charge is 0.342 e. The predicted molar refractivity (Wildman–Crippen MR) is 109 cm³/mol. The molecule has 1 aliphatic heterocycles. The van der Waals surface area contributed by atoms with E-state index < -0.39 is 0 Å². The molecule has 6 nitrogen and oxygen atoms in total. The van der Waals surface area contributed by atoms with Gasteiger partial charge in [-0.2, -0.15) is 0 Å². The topological polar surface area (TPSA) is 66.4 Å². The highest BCUT2D eigenvalue weighted by molar-refractivity contribution is 7.13. The van der Waals surface area contributed by atoms with Crippen LogP contribution in [-0.4, -0.2) is 58.3 Å². The molecular formula is C21H20N4O2S. The number of rotatable bonds is 5. The molecule has 28 heavy (non-hydrogen) atoms. The first-order valence-corrected chi connectivity index (χ1v) is 10.0. The molecule has 0 radical (unpaired) electrons. The van der Waals surface area contributed by atoms with Crippen molar-refractivity contribution in [1.82, 2.24) is 19.8 Å². The SMILES string of the molecule is O=CN1CCN(C(=O)Cc2ccc(-c3csc(-c4ccncc4)n3)cc2)CC1. The van der Waals surface area contributed by atoms with E-state index in [1.807, 2.05) is 46.7 Å². The smallest absolute Gasteiger partial charge is 0.227 e. The van der Waals surface area contributed by atoms with E-state index in [0.717, 1.165) is 33.8 Å². The van der Waals surface area contributed by atoms with Crippen LogP contribution >= 0.6 is 11.3 Å². The van der Waals surface area contributed by atoms with Gasteiger partial charge in [-0.3, -0.25) is 14.6 Å². The summed E-state index contributed by atoms with van der Waals surface area (Å²) in [6, 6.07) is 11.9. The van der Waals surface area contributed by atoms with Crippen molar-refractivity contribution in [2.45, 2.75) is 6.42 Å². The van der Waals surface area contributed by atoms with E-state index in [1.165, 1.54) is 0 Å². The molecular weight excluding hydrogens is 372 g/mol. The van der Waals surface area contributed by atoms with Crippen LogP contribution in [0.4, 0.5) is 0 Å². The van der Waals surface area contributed by atoms with E-state index >= 15 is 0 Å². The number of hydrogen-bond donors (Lipinski definition) is 0. The molecule has 3 aromatic rings. The van der Waals surface area contributed by atoms with Gasteiger partial charge in [-0.1, -0.05) is 24.3 Å². The number of amides is 2. The fourth-order valence-electron chi connectivity index (χ4n) is 3.19. The van der Waals surface area contributed by atoms with Crippen molar-refractivity contribution >= 4 is 23.7 Å². The summed E-state index contributed by atoms with van der Waals surface area (Å²) < 4.78 is 0. The highest BCUT2D eigenvalue weighted by Crippen LogP contribution is 2.28. The molecule has 1 aliphatic rings. The van der Waals surface area contributed by atoms with Gasteiger partial charge in [0.1, 0.15) is 5.01 Å². The zero-order valence-corrected chi connectivity index (χ0v) is 16.1. The van der Waals surface area contributed by atoms with Gasteiger partial charge in [0.15, 0.2) is 0 Å². The summed E-state index contributed by atoms with van der Waals surface area (Å²) in [6.45, 7) is 2.42. The first-order chi connectivity index (χ1) is 13.7. The summed E-state index contributed by atoms with van der Waals surface area (Å²) in [5.41, 5.74) is 4.01. The number of hydrogen-bond acceptors (Lipinski definition) is 5. The van der Waals surface area contributed by atoms with Crippen LogP contribution in [0.5, 0.6) is 0 Å². The van der Waals surface area contributed by atoms with E-state index in [1.54, 1.807) is 28.6 Å². The average molecular weight is 392 g/mol. The van der Waals surface area contributed by atoms with Crippen molar-refractivity contribution in [2.24, 2.45) is 0 Å². The molecule has 1 aromatic carbocycles. The Hall–Kier alpha value is -3.06. The van der Waals surface area contributed by atoms with E-state index in [2.05, 4.69) is 4.98 Å². The number of aromatic nitrogens is 2. The number of carbonyl (C=O) groups excluding carboxylic acids is 2. The van der Waals surface area contributed by atoms with Crippen LogP contribution in [-0.2, 0) is 16.0 Å². The molecule has 1 saturated heterocycles. The predicted octanol–water partition coefficient (Wildman–Crippen LogP) is 2.72. The molecule has 7 heteroatoms. The quantitative estimate of drug-likeness (QED) is 0.626. The molecule has 0 spiro atoms. The van der Waals surface area contributed by atoms with Crippen LogP contribution in [0.3, 0.4) is 0 Å². The van der Waals surface area contributed by atoms with Crippen LogP contribution < -0.4 is 0 Å². The zero-order valence-electron chi connectivity index (χ0n) is 15.3. The third-order valence-electron chi connectivity index (χ3n) is 4.85. The lowest BCUT2D eigenvalue weighted by Crippen LogP contribution is -2.48. The van der Waals surface area contributed by atoms with Gasteiger partial charge in [-0.05, 0) is 17.7 Å². The Labute approximate surface area is 167 Å². The van der Waals surface area contributed by atoms with E-state index in [9.17, 15) is 9.59 Å². The zero-order chi connectivity index (χ0) is 19.3. The second kappa shape index (κ2) is 8.31. The Kier molecular flexibility index (Phi) is 5.43. The van der Waals surface area contributed by atoms with Crippen molar-refractivity contribution in [2.75, 3.05) is 26.2 Å². The highest BCUT2D eigenvalue weighted by atomic mass is 32.1. The molecule has 0 aliphatic carbocycles. The number of nitrogens with zero attached hydrogens (tertiary/aromatic N) is 4. The Balaban J connectivity index is 1.40. The molecule has 0 unspecified atom stereocenters. The van der Waals surface area contributed by atoms with Gasteiger partial charge in [0, 0.05) is 55.1 Å². The van der Waals surface area contributed by atoms with Gasteiger partial charge < -0.3 is 9.80 Å². The second-order valence-corrected chi connectivity index (χ2v) is 7.53. The van der Waals surface area contributed by atoms with E-state index in [4.69, 9.17) is 4.98 Å². The summed E-state index contributed by atoms with van der Waals surface area (Å²) in [5, 5.41) is 3.01. The Morgan fingerprint density at radius 3 is 2.39 bits per heavy atom. The summed E-state index contributed by atoms with van der Waals surface area (Å²) in [4.78, 5) is 35.5. The van der Waals surface area contributed by atoms with Crippen molar-refractivity contribution < 1.29 is 9.59 Å². The monoisotopic (exact) mass is 392 g/mol. The first-order valence-electron chi connectivity index (χ1n) is 9.15. The second-order valence-electron chi connectivity index (χ2n) is 6.67. The van der Waals surface area contributed by atoms with Crippen molar-refractivity contribution in [3.05, 3.63) is 59.7 Å². The molecule has 1 fully saturated rings. The van der Waals surface area contributed by atoms with Crippen molar-refractivity contribution in [3.63, 3.8) is 0 Å². The third-order valence-corrected chi connectivity index (χ3v) is 5.74. The number of thiazole rings is 1. The lowest BCUT2D eigenvalue weighted by molar-refractivity contribution is -0.134. The standard InChI is InChI=1S/C21H20N4O2S/c26-15-24-9-11-25(12-10-24)20(27)13-16-1-3-17(4-2-16)19-14-28-21(23-19)18-5-7-22-8-6-18/h1-8,14-15H,9-13H2. The molecule has 0 bridgehead atoms. The summed E-state index contributed by atoms with van der Waals surface area (Å²) >= 11 is 1.60. The van der Waals surface area contributed by atoms with Crippen LogP contribution in [0.25, 0.3) is 21.8 Å². The van der Waals surface area contributed by atoms with Gasteiger partial charge in [0.2, 0.25) is 12.3 Å². The molecule has 0 N–H and O–H groups in total. The summed E-state index contributed by atoms with van der Waals surface area (Å²) in [5.74, 6) is 0.104. The molecule has 0 atom stereocenters. The van der Waals surface area contributed by atoms with Crippen LogP contribution in [0.2, 0.25) is 0 Å². The minimum Gasteiger partial charge on any atom is -0.342 e. The average Bonchev–Trinajstić information content (AvgIpc) is 3.25. The molecule has 4 rings (SSSR count). The maximum Gasteiger partial charge on any atom is 0.227 e. The minimum absolute atomic E-state index is 0.104. The molecule has 0 saturated carbocycles. The maximum atomic E-state index is 12.5. The number of pyridine rings is 1. The summed E-state index contributed by atoms with van der Waals surface area (Å²) in [7, 11) is 0. The fraction of sp³-hybridized carbons (Fsp3) is 0.238. The van der Waals surface area contributed by atoms with Crippen molar-refractivity contribution in [3.8, 4) is 21.8 Å². The van der Waals surface area contributed by atoms with Crippen LogP contribution in [0.1, 0.15) is 5.56 Å². The van der Waals surface area contributed by atoms with Crippen LogP contribution in [0, 0.1) is 0 Å². The number of benzene rings is 1. The van der Waals surface area contributed by atoms with Crippen LogP contribution in [0.15, 0.2) is 54.2 Å². The van der Waals surface area contributed by atoms with Gasteiger partial charge >= 0.3 is 0 Å². The maximum absolute atomic E-state index is 12.5. The fourth-order valence-corrected chi connectivity index (χ4v) is 4.03. The molecule has 142 valence electrons. The highest BCUT2D eigenvalue weighted by Gasteiger charge is 2.20. The van der Waals surface area contributed by atoms with E-state index in [-0.39, 0.29) is 5.91 Å². The first kappa shape index (κ1) is 18.3. The number of piperazine rings is 1. The lowest BCUT2D eigenvalue weighted by atomic mass is 10.1. The normalized spacial score (nSPS) is 14.1.